The maximum absolute atomic E-state index is 12.2. The smallest absolute Gasteiger partial charge is 0.240 e. The van der Waals surface area contributed by atoms with Crippen molar-refractivity contribution in [2.75, 3.05) is 38.1 Å². The first-order valence-electron chi connectivity index (χ1n) is 6.48. The molecule has 0 unspecified atom stereocenters. The van der Waals surface area contributed by atoms with Crippen molar-refractivity contribution in [1.29, 1.82) is 0 Å². The number of rotatable bonds is 5. The SMILES string of the molecule is CCN(CC(=O)N(C)c1ccccc1)C1CNC1. The van der Waals surface area contributed by atoms with E-state index in [9.17, 15) is 4.79 Å². The molecule has 0 bridgehead atoms. The van der Waals surface area contributed by atoms with Gasteiger partial charge in [-0.05, 0) is 18.7 Å². The summed E-state index contributed by atoms with van der Waals surface area (Å²) in [5.41, 5.74) is 0.949. The van der Waals surface area contributed by atoms with Gasteiger partial charge in [0, 0.05) is 31.9 Å². The Morgan fingerprint density at radius 2 is 2.00 bits per heavy atom. The Morgan fingerprint density at radius 1 is 1.33 bits per heavy atom. The number of hydrogen-bond acceptors (Lipinski definition) is 3. The van der Waals surface area contributed by atoms with E-state index in [2.05, 4.69) is 17.1 Å². The van der Waals surface area contributed by atoms with Crippen LogP contribution in [0.4, 0.5) is 5.69 Å². The second-order valence-electron chi connectivity index (χ2n) is 4.66. The molecule has 98 valence electrons. The van der Waals surface area contributed by atoms with E-state index in [0.29, 0.717) is 12.6 Å². The van der Waals surface area contributed by atoms with Crippen molar-refractivity contribution >= 4 is 11.6 Å². The molecule has 1 fully saturated rings. The van der Waals surface area contributed by atoms with Crippen molar-refractivity contribution in [2.24, 2.45) is 0 Å². The number of carbonyl (C=O) groups is 1. The first-order chi connectivity index (χ1) is 8.72. The van der Waals surface area contributed by atoms with Crippen molar-refractivity contribution in [1.82, 2.24) is 10.2 Å². The lowest BCUT2D eigenvalue weighted by Gasteiger charge is -2.37. The van der Waals surface area contributed by atoms with Gasteiger partial charge in [0.1, 0.15) is 0 Å². The summed E-state index contributed by atoms with van der Waals surface area (Å²) in [7, 11) is 1.84. The number of nitrogens with one attached hydrogen (secondary N) is 1. The van der Waals surface area contributed by atoms with E-state index in [1.54, 1.807) is 4.90 Å². The molecule has 0 radical (unpaired) electrons. The Hall–Kier alpha value is -1.39. The molecule has 0 aromatic heterocycles. The van der Waals surface area contributed by atoms with Crippen molar-refractivity contribution in [3.8, 4) is 0 Å². The molecule has 1 saturated heterocycles. The first kappa shape index (κ1) is 13.1. The molecule has 1 N–H and O–H groups in total. The van der Waals surface area contributed by atoms with Gasteiger partial charge in [-0.1, -0.05) is 25.1 Å². The van der Waals surface area contributed by atoms with E-state index in [0.717, 1.165) is 25.3 Å². The van der Waals surface area contributed by atoms with Crippen LogP contribution in [0.3, 0.4) is 0 Å². The number of anilines is 1. The van der Waals surface area contributed by atoms with Crippen molar-refractivity contribution in [3.63, 3.8) is 0 Å². The molecule has 4 heteroatoms. The molecule has 0 atom stereocenters. The number of carbonyl (C=O) groups excluding carboxylic acids is 1. The van der Waals surface area contributed by atoms with Crippen LogP contribution in [-0.4, -0.2) is 50.1 Å². The van der Waals surface area contributed by atoms with E-state index < -0.39 is 0 Å². The highest BCUT2D eigenvalue weighted by Gasteiger charge is 2.25. The van der Waals surface area contributed by atoms with Gasteiger partial charge in [-0.25, -0.2) is 0 Å². The molecular formula is C14H21N3O. The van der Waals surface area contributed by atoms with Crippen LogP contribution in [0.5, 0.6) is 0 Å². The highest BCUT2D eigenvalue weighted by molar-refractivity contribution is 5.94. The minimum Gasteiger partial charge on any atom is -0.314 e. The summed E-state index contributed by atoms with van der Waals surface area (Å²) in [5, 5.41) is 3.24. The summed E-state index contributed by atoms with van der Waals surface area (Å²) in [6.07, 6.45) is 0. The molecule has 1 aliphatic heterocycles. The molecule has 1 heterocycles. The van der Waals surface area contributed by atoms with Crippen LogP contribution in [-0.2, 0) is 4.79 Å². The number of likely N-dealkylation sites (N-methyl/N-ethyl adjacent to an activating group) is 2. The largest absolute Gasteiger partial charge is 0.314 e. The summed E-state index contributed by atoms with van der Waals surface area (Å²) in [6.45, 7) is 5.51. The lowest BCUT2D eigenvalue weighted by Crippen LogP contribution is -2.58. The Labute approximate surface area is 109 Å². The van der Waals surface area contributed by atoms with Crippen molar-refractivity contribution < 1.29 is 4.79 Å². The van der Waals surface area contributed by atoms with Crippen LogP contribution < -0.4 is 10.2 Å². The molecular weight excluding hydrogens is 226 g/mol. The summed E-state index contributed by atoms with van der Waals surface area (Å²) in [5.74, 6) is 0.148. The summed E-state index contributed by atoms with van der Waals surface area (Å²) < 4.78 is 0. The third kappa shape index (κ3) is 2.89. The van der Waals surface area contributed by atoms with Gasteiger partial charge in [-0.15, -0.1) is 0 Å². The van der Waals surface area contributed by atoms with Gasteiger partial charge in [0.05, 0.1) is 6.54 Å². The fourth-order valence-corrected chi connectivity index (χ4v) is 2.11. The summed E-state index contributed by atoms with van der Waals surface area (Å²) >= 11 is 0. The van der Waals surface area contributed by atoms with E-state index in [1.165, 1.54) is 0 Å². The van der Waals surface area contributed by atoms with Gasteiger partial charge in [-0.2, -0.15) is 0 Å². The molecule has 0 spiro atoms. The Balaban J connectivity index is 1.94. The highest BCUT2D eigenvalue weighted by Crippen LogP contribution is 2.12. The average molecular weight is 247 g/mol. The number of nitrogens with zero attached hydrogens (tertiary/aromatic N) is 2. The molecule has 0 saturated carbocycles. The van der Waals surface area contributed by atoms with Crippen LogP contribution >= 0.6 is 0 Å². The zero-order valence-corrected chi connectivity index (χ0v) is 11.1. The monoisotopic (exact) mass is 247 g/mol. The maximum Gasteiger partial charge on any atom is 0.240 e. The molecule has 1 amide bonds. The lowest BCUT2D eigenvalue weighted by atomic mass is 10.1. The minimum absolute atomic E-state index is 0.148. The van der Waals surface area contributed by atoms with Crippen molar-refractivity contribution in [3.05, 3.63) is 30.3 Å². The van der Waals surface area contributed by atoms with Gasteiger partial charge in [0.2, 0.25) is 5.91 Å². The molecule has 1 aliphatic rings. The number of hydrogen-bond donors (Lipinski definition) is 1. The Kier molecular flexibility index (Phi) is 4.33. The second kappa shape index (κ2) is 5.98. The van der Waals surface area contributed by atoms with Crippen molar-refractivity contribution in [2.45, 2.75) is 13.0 Å². The van der Waals surface area contributed by atoms with E-state index in [1.807, 2.05) is 37.4 Å². The lowest BCUT2D eigenvalue weighted by molar-refractivity contribution is -0.120. The topological polar surface area (TPSA) is 35.6 Å². The number of benzene rings is 1. The van der Waals surface area contributed by atoms with Gasteiger partial charge in [0.15, 0.2) is 0 Å². The maximum atomic E-state index is 12.2. The summed E-state index contributed by atoms with van der Waals surface area (Å²) in [6, 6.07) is 10.3. The fourth-order valence-electron chi connectivity index (χ4n) is 2.11. The Morgan fingerprint density at radius 3 is 2.50 bits per heavy atom. The fraction of sp³-hybridized carbons (Fsp3) is 0.500. The molecule has 1 aromatic carbocycles. The van der Waals surface area contributed by atoms with Crippen LogP contribution in [0.15, 0.2) is 30.3 Å². The highest BCUT2D eigenvalue weighted by atomic mass is 16.2. The normalized spacial score (nSPS) is 15.5. The first-order valence-corrected chi connectivity index (χ1v) is 6.48. The molecule has 18 heavy (non-hydrogen) atoms. The molecule has 1 aromatic rings. The zero-order chi connectivity index (χ0) is 13.0. The minimum atomic E-state index is 0.148. The van der Waals surface area contributed by atoms with Gasteiger partial charge in [0.25, 0.3) is 0 Å². The summed E-state index contributed by atoms with van der Waals surface area (Å²) in [4.78, 5) is 16.2. The number of para-hydroxylation sites is 1. The van der Waals surface area contributed by atoms with Crippen LogP contribution in [0.2, 0.25) is 0 Å². The van der Waals surface area contributed by atoms with Crippen LogP contribution in [0, 0.1) is 0 Å². The van der Waals surface area contributed by atoms with E-state index in [-0.39, 0.29) is 5.91 Å². The van der Waals surface area contributed by atoms with Crippen LogP contribution in [0.1, 0.15) is 6.92 Å². The Bertz CT molecular complexity index is 389. The van der Waals surface area contributed by atoms with Crippen LogP contribution in [0.25, 0.3) is 0 Å². The van der Waals surface area contributed by atoms with E-state index in [4.69, 9.17) is 0 Å². The molecule has 0 aliphatic carbocycles. The number of amides is 1. The predicted octanol–water partition coefficient (Wildman–Crippen LogP) is 0.943. The third-order valence-corrected chi connectivity index (χ3v) is 3.54. The molecule has 4 nitrogen and oxygen atoms in total. The average Bonchev–Trinajstić information content (AvgIpc) is 2.35. The van der Waals surface area contributed by atoms with E-state index >= 15 is 0 Å². The zero-order valence-electron chi connectivity index (χ0n) is 11.1. The van der Waals surface area contributed by atoms with Gasteiger partial charge >= 0.3 is 0 Å². The predicted molar refractivity (Wildman–Crippen MR) is 73.8 cm³/mol. The second-order valence-corrected chi connectivity index (χ2v) is 4.66. The van der Waals surface area contributed by atoms with Gasteiger partial charge in [-0.3, -0.25) is 9.69 Å². The molecule has 2 rings (SSSR count). The third-order valence-electron chi connectivity index (χ3n) is 3.54. The van der Waals surface area contributed by atoms with Gasteiger partial charge < -0.3 is 10.2 Å². The quantitative estimate of drug-likeness (QED) is 0.841. The standard InChI is InChI=1S/C14H21N3O/c1-3-17(13-9-15-10-13)11-14(18)16(2)12-7-5-4-6-8-12/h4-8,13,15H,3,9-11H2,1-2H3.